The van der Waals surface area contributed by atoms with Crippen molar-refractivity contribution in [2.45, 2.75) is 19.4 Å². The number of aliphatic hydroxyl groups is 1. The van der Waals surface area contributed by atoms with Crippen LogP contribution in [0.5, 0.6) is 5.75 Å². The molecule has 0 aliphatic carbocycles. The summed E-state index contributed by atoms with van der Waals surface area (Å²) in [6.07, 6.45) is 0.297. The minimum atomic E-state index is -0.642. The Morgan fingerprint density at radius 2 is 2.21 bits per heavy atom. The van der Waals surface area contributed by atoms with Gasteiger partial charge in [0.15, 0.2) is 0 Å². The maximum atomic E-state index is 9.66. The number of methoxy groups -OCH3 is 1. The van der Waals surface area contributed by atoms with E-state index in [0.29, 0.717) is 5.75 Å². The lowest BCUT2D eigenvalue weighted by Gasteiger charge is -2.14. The molecule has 78 valence electrons. The van der Waals surface area contributed by atoms with E-state index in [4.69, 9.17) is 10.5 Å². The van der Waals surface area contributed by atoms with Crippen molar-refractivity contribution in [1.29, 1.82) is 0 Å². The molecule has 0 saturated carbocycles. The van der Waals surface area contributed by atoms with Crippen molar-refractivity contribution >= 4 is 0 Å². The number of aryl methyl sites for hydroxylation is 1. The van der Waals surface area contributed by atoms with E-state index in [1.165, 1.54) is 5.56 Å². The Labute approximate surface area is 84.5 Å². The van der Waals surface area contributed by atoms with Gasteiger partial charge in [0.1, 0.15) is 5.75 Å². The van der Waals surface area contributed by atoms with E-state index in [9.17, 15) is 5.11 Å². The quantitative estimate of drug-likeness (QED) is 0.760. The van der Waals surface area contributed by atoms with E-state index >= 15 is 0 Å². The summed E-state index contributed by atoms with van der Waals surface area (Å²) in [4.78, 5) is 0. The summed E-state index contributed by atoms with van der Waals surface area (Å²) >= 11 is 0. The highest BCUT2D eigenvalue weighted by atomic mass is 16.5. The Hall–Kier alpha value is -1.06. The average molecular weight is 195 g/mol. The molecule has 3 heteroatoms. The van der Waals surface area contributed by atoms with Gasteiger partial charge in [-0.05, 0) is 24.1 Å². The topological polar surface area (TPSA) is 55.5 Å². The first-order valence-corrected chi connectivity index (χ1v) is 4.77. The monoisotopic (exact) mass is 195 g/mol. The summed E-state index contributed by atoms with van der Waals surface area (Å²) in [6, 6.07) is 5.80. The van der Waals surface area contributed by atoms with Crippen LogP contribution in [-0.4, -0.2) is 18.8 Å². The van der Waals surface area contributed by atoms with Crippen LogP contribution >= 0.6 is 0 Å². The number of hydrogen-bond acceptors (Lipinski definition) is 3. The first-order valence-electron chi connectivity index (χ1n) is 4.77. The number of benzene rings is 1. The molecule has 1 aromatic carbocycles. The molecule has 0 radical (unpaired) electrons. The van der Waals surface area contributed by atoms with Crippen molar-refractivity contribution in [3.05, 3.63) is 29.3 Å². The second-order valence-electron chi connectivity index (χ2n) is 3.18. The molecule has 0 aliphatic rings. The minimum Gasteiger partial charge on any atom is -0.496 e. The van der Waals surface area contributed by atoms with Gasteiger partial charge >= 0.3 is 0 Å². The lowest BCUT2D eigenvalue weighted by molar-refractivity contribution is 0.182. The molecule has 0 spiro atoms. The lowest BCUT2D eigenvalue weighted by atomic mass is 10.0. The minimum absolute atomic E-state index is 0.212. The summed E-state index contributed by atoms with van der Waals surface area (Å²) in [5.74, 6) is 0.695. The fourth-order valence-electron chi connectivity index (χ4n) is 1.39. The molecule has 0 fully saturated rings. The van der Waals surface area contributed by atoms with Gasteiger partial charge in [-0.2, -0.15) is 0 Å². The Kier molecular flexibility index (Phi) is 3.92. The van der Waals surface area contributed by atoms with Crippen LogP contribution < -0.4 is 10.5 Å². The van der Waals surface area contributed by atoms with Gasteiger partial charge in [0.25, 0.3) is 0 Å². The molecule has 1 unspecified atom stereocenters. The predicted molar refractivity (Wildman–Crippen MR) is 56.4 cm³/mol. The molecule has 0 heterocycles. The first-order chi connectivity index (χ1) is 6.72. The summed E-state index contributed by atoms with van der Waals surface area (Å²) in [6.45, 7) is 2.28. The highest BCUT2D eigenvalue weighted by Gasteiger charge is 2.11. The van der Waals surface area contributed by atoms with Gasteiger partial charge < -0.3 is 15.6 Å². The summed E-state index contributed by atoms with van der Waals surface area (Å²) < 4.78 is 5.15. The van der Waals surface area contributed by atoms with Crippen LogP contribution in [0, 0.1) is 0 Å². The third-order valence-corrected chi connectivity index (χ3v) is 2.28. The molecule has 3 N–H and O–H groups in total. The fourth-order valence-corrected chi connectivity index (χ4v) is 1.39. The van der Waals surface area contributed by atoms with Crippen LogP contribution in [-0.2, 0) is 6.42 Å². The van der Waals surface area contributed by atoms with E-state index in [2.05, 4.69) is 6.92 Å². The Bertz CT molecular complexity index is 299. The zero-order valence-electron chi connectivity index (χ0n) is 8.66. The number of nitrogens with two attached hydrogens (primary N) is 1. The largest absolute Gasteiger partial charge is 0.496 e. The molecular formula is C11H17NO2. The molecule has 0 aliphatic heterocycles. The predicted octanol–water partition coefficient (Wildman–Crippen LogP) is 1.25. The van der Waals surface area contributed by atoms with Crippen LogP contribution in [0.15, 0.2) is 18.2 Å². The molecule has 1 rings (SSSR count). The van der Waals surface area contributed by atoms with E-state index in [-0.39, 0.29) is 6.54 Å². The summed E-state index contributed by atoms with van der Waals surface area (Å²) in [5.41, 5.74) is 7.36. The fraction of sp³-hybridized carbons (Fsp3) is 0.455. The van der Waals surface area contributed by atoms with E-state index in [1.54, 1.807) is 7.11 Å². The van der Waals surface area contributed by atoms with E-state index in [0.717, 1.165) is 12.0 Å². The maximum absolute atomic E-state index is 9.66. The number of hydrogen-bond donors (Lipinski definition) is 2. The van der Waals surface area contributed by atoms with Crippen LogP contribution in [0.1, 0.15) is 24.2 Å². The third kappa shape index (κ3) is 2.25. The smallest absolute Gasteiger partial charge is 0.124 e. The van der Waals surface area contributed by atoms with Gasteiger partial charge in [0, 0.05) is 12.1 Å². The molecule has 1 aromatic rings. The average Bonchev–Trinajstić information content (AvgIpc) is 2.27. The van der Waals surface area contributed by atoms with Crippen LogP contribution in [0.4, 0.5) is 0 Å². The third-order valence-electron chi connectivity index (χ3n) is 2.28. The van der Waals surface area contributed by atoms with Crippen molar-refractivity contribution in [1.82, 2.24) is 0 Å². The SMILES string of the molecule is CCc1ccc(OC)c(C(O)CN)c1. The number of aliphatic hydroxyl groups excluding tert-OH is 1. The van der Waals surface area contributed by atoms with Crippen LogP contribution in [0.2, 0.25) is 0 Å². The summed E-state index contributed by atoms with van der Waals surface area (Å²) in [7, 11) is 1.59. The molecule has 0 bridgehead atoms. The molecule has 0 aromatic heterocycles. The maximum Gasteiger partial charge on any atom is 0.124 e. The van der Waals surface area contributed by atoms with E-state index < -0.39 is 6.10 Å². The van der Waals surface area contributed by atoms with Gasteiger partial charge in [0.05, 0.1) is 13.2 Å². The standard InChI is InChI=1S/C11H17NO2/c1-3-8-4-5-11(14-2)9(6-8)10(13)7-12/h4-6,10,13H,3,7,12H2,1-2H3. The molecule has 0 amide bonds. The van der Waals surface area contributed by atoms with Crippen molar-refractivity contribution < 1.29 is 9.84 Å². The second kappa shape index (κ2) is 4.98. The highest BCUT2D eigenvalue weighted by Crippen LogP contribution is 2.25. The van der Waals surface area contributed by atoms with Gasteiger partial charge in [-0.15, -0.1) is 0 Å². The normalized spacial score (nSPS) is 12.6. The van der Waals surface area contributed by atoms with Gasteiger partial charge in [-0.1, -0.05) is 13.0 Å². The zero-order valence-corrected chi connectivity index (χ0v) is 8.66. The molecule has 0 saturated heterocycles. The first kappa shape index (κ1) is 11.0. The summed E-state index contributed by atoms with van der Waals surface area (Å²) in [5, 5.41) is 9.66. The van der Waals surface area contributed by atoms with E-state index in [1.807, 2.05) is 18.2 Å². The van der Waals surface area contributed by atoms with Crippen molar-refractivity contribution in [3.63, 3.8) is 0 Å². The Balaban J connectivity index is 3.08. The second-order valence-corrected chi connectivity index (χ2v) is 3.18. The molecule has 1 atom stereocenters. The van der Waals surface area contributed by atoms with Crippen LogP contribution in [0.3, 0.4) is 0 Å². The van der Waals surface area contributed by atoms with Gasteiger partial charge in [0.2, 0.25) is 0 Å². The van der Waals surface area contributed by atoms with Crippen molar-refractivity contribution in [3.8, 4) is 5.75 Å². The lowest BCUT2D eigenvalue weighted by Crippen LogP contribution is -2.12. The zero-order chi connectivity index (χ0) is 10.6. The van der Waals surface area contributed by atoms with Crippen molar-refractivity contribution in [2.24, 2.45) is 5.73 Å². The van der Waals surface area contributed by atoms with Crippen LogP contribution in [0.25, 0.3) is 0 Å². The van der Waals surface area contributed by atoms with Crippen molar-refractivity contribution in [2.75, 3.05) is 13.7 Å². The number of rotatable bonds is 4. The molecule has 3 nitrogen and oxygen atoms in total. The highest BCUT2D eigenvalue weighted by molar-refractivity contribution is 5.39. The van der Waals surface area contributed by atoms with Gasteiger partial charge in [-0.25, -0.2) is 0 Å². The number of ether oxygens (including phenoxy) is 1. The molecular weight excluding hydrogens is 178 g/mol. The molecule has 14 heavy (non-hydrogen) atoms. The Morgan fingerprint density at radius 1 is 1.50 bits per heavy atom. The van der Waals surface area contributed by atoms with Gasteiger partial charge in [-0.3, -0.25) is 0 Å². The Morgan fingerprint density at radius 3 is 2.71 bits per heavy atom.